The van der Waals surface area contributed by atoms with E-state index < -0.39 is 0 Å². The zero-order valence-corrected chi connectivity index (χ0v) is 20.5. The quantitative estimate of drug-likeness (QED) is 0.253. The third-order valence-corrected chi connectivity index (χ3v) is 7.01. The Morgan fingerprint density at radius 1 is 1.12 bits per heavy atom. The summed E-state index contributed by atoms with van der Waals surface area (Å²) in [4.78, 5) is 33.0. The van der Waals surface area contributed by atoms with E-state index in [1.54, 1.807) is 29.3 Å². The van der Waals surface area contributed by atoms with Gasteiger partial charge in [-0.05, 0) is 55.7 Å². The van der Waals surface area contributed by atoms with E-state index in [0.29, 0.717) is 27.2 Å². The van der Waals surface area contributed by atoms with E-state index in [0.717, 1.165) is 30.4 Å². The lowest BCUT2D eigenvalue weighted by molar-refractivity contribution is -0.122. The number of nitrogens with zero attached hydrogens (tertiary/aromatic N) is 3. The molecule has 33 heavy (non-hydrogen) atoms. The fraction of sp³-hybridized carbons (Fsp3) is 0.280. The van der Waals surface area contributed by atoms with Crippen molar-refractivity contribution in [2.24, 2.45) is 0 Å². The number of unbranched alkanes of at least 4 members (excludes halogenated alkanes) is 2. The van der Waals surface area contributed by atoms with E-state index in [2.05, 4.69) is 11.9 Å². The van der Waals surface area contributed by atoms with Crippen LogP contribution in [0.1, 0.15) is 42.9 Å². The number of pyridine rings is 1. The van der Waals surface area contributed by atoms with Crippen molar-refractivity contribution < 1.29 is 9.53 Å². The number of rotatable bonds is 7. The molecule has 0 unspecified atom stereocenters. The maximum atomic E-state index is 13.4. The molecular weight excluding hydrogens is 454 g/mol. The lowest BCUT2D eigenvalue weighted by atomic mass is 10.1. The Morgan fingerprint density at radius 2 is 1.94 bits per heavy atom. The molecule has 8 heteroatoms. The van der Waals surface area contributed by atoms with E-state index in [1.807, 2.05) is 38.1 Å². The summed E-state index contributed by atoms with van der Waals surface area (Å²) in [5.41, 5.74) is 2.40. The number of benzene rings is 1. The minimum absolute atomic E-state index is 0.163. The molecule has 2 aromatic heterocycles. The minimum Gasteiger partial charge on any atom is -0.438 e. The van der Waals surface area contributed by atoms with Crippen molar-refractivity contribution in [3.63, 3.8) is 0 Å². The van der Waals surface area contributed by atoms with Gasteiger partial charge in [0.05, 0.1) is 4.91 Å². The molecule has 0 bridgehead atoms. The van der Waals surface area contributed by atoms with Gasteiger partial charge in [0, 0.05) is 12.7 Å². The van der Waals surface area contributed by atoms with Gasteiger partial charge in [0.1, 0.15) is 21.3 Å². The number of hydrogen-bond acceptors (Lipinski definition) is 6. The number of aromatic nitrogens is 2. The van der Waals surface area contributed by atoms with Crippen LogP contribution in [0, 0.1) is 13.8 Å². The molecule has 3 heterocycles. The van der Waals surface area contributed by atoms with Crippen LogP contribution >= 0.6 is 24.0 Å². The van der Waals surface area contributed by atoms with Gasteiger partial charge in [0.25, 0.3) is 11.5 Å². The summed E-state index contributed by atoms with van der Waals surface area (Å²) in [6.07, 6.45) is 6.19. The average molecular weight is 480 g/mol. The van der Waals surface area contributed by atoms with E-state index in [4.69, 9.17) is 17.0 Å². The van der Waals surface area contributed by atoms with E-state index >= 15 is 0 Å². The maximum Gasteiger partial charge on any atom is 0.269 e. The number of hydrogen-bond donors (Lipinski definition) is 0. The molecule has 3 aromatic rings. The van der Waals surface area contributed by atoms with Gasteiger partial charge in [-0.3, -0.25) is 18.9 Å². The van der Waals surface area contributed by atoms with Gasteiger partial charge in [-0.15, -0.1) is 0 Å². The Kier molecular flexibility index (Phi) is 6.95. The summed E-state index contributed by atoms with van der Waals surface area (Å²) in [5, 5.41) is 0. The van der Waals surface area contributed by atoms with Gasteiger partial charge in [-0.2, -0.15) is 4.98 Å². The molecule has 0 spiro atoms. The monoisotopic (exact) mass is 479 g/mol. The SMILES string of the molecule is CCCCCN1C(=O)/C(=C\c2c(Oc3cccc(C)c3C)nc3ccccn3c2=O)SC1=S. The number of aryl methyl sites for hydroxylation is 1. The minimum atomic E-state index is -0.308. The zero-order valence-electron chi connectivity index (χ0n) is 18.8. The Balaban J connectivity index is 1.79. The van der Waals surface area contributed by atoms with Crippen molar-refractivity contribution in [2.75, 3.05) is 6.54 Å². The van der Waals surface area contributed by atoms with Gasteiger partial charge in [-0.1, -0.05) is 61.9 Å². The van der Waals surface area contributed by atoms with Crippen LogP contribution in [0.25, 0.3) is 11.7 Å². The summed E-state index contributed by atoms with van der Waals surface area (Å²) < 4.78 is 8.11. The predicted octanol–water partition coefficient (Wildman–Crippen LogP) is 5.50. The molecule has 0 radical (unpaired) electrons. The highest BCUT2D eigenvalue weighted by Gasteiger charge is 2.32. The van der Waals surface area contributed by atoms with Crippen LogP contribution in [0.2, 0.25) is 0 Å². The van der Waals surface area contributed by atoms with Crippen molar-refractivity contribution >= 4 is 45.9 Å². The topological polar surface area (TPSA) is 63.9 Å². The first-order valence-electron chi connectivity index (χ1n) is 10.9. The molecule has 4 rings (SSSR count). The van der Waals surface area contributed by atoms with Gasteiger partial charge < -0.3 is 4.74 Å². The van der Waals surface area contributed by atoms with Crippen LogP contribution < -0.4 is 10.3 Å². The molecule has 0 saturated carbocycles. The van der Waals surface area contributed by atoms with E-state index in [1.165, 1.54) is 16.2 Å². The van der Waals surface area contributed by atoms with E-state index in [9.17, 15) is 9.59 Å². The number of carbonyl (C=O) groups excluding carboxylic acids is 1. The standard InChI is InChI=1S/C25H25N3O3S2/c1-4-5-7-14-28-24(30)20(33-25(28)32)15-18-22(31-19-11-9-10-16(2)17(19)3)26-21-12-6-8-13-27(21)23(18)29/h6,8-13,15H,4-5,7,14H2,1-3H3/b20-15+. The zero-order chi connectivity index (χ0) is 23.5. The first kappa shape index (κ1) is 23.2. The Labute approximate surface area is 202 Å². The van der Waals surface area contributed by atoms with Gasteiger partial charge in [-0.25, -0.2) is 0 Å². The second-order valence-electron chi connectivity index (χ2n) is 7.91. The highest BCUT2D eigenvalue weighted by Crippen LogP contribution is 2.35. The number of amides is 1. The van der Waals surface area contributed by atoms with Gasteiger partial charge in [0.2, 0.25) is 5.88 Å². The molecule has 0 aliphatic carbocycles. The number of thiocarbonyl (C=S) groups is 1. The summed E-state index contributed by atoms with van der Waals surface area (Å²) in [7, 11) is 0. The number of thioether (sulfide) groups is 1. The molecular formula is C25H25N3O3S2. The largest absolute Gasteiger partial charge is 0.438 e. The summed E-state index contributed by atoms with van der Waals surface area (Å²) in [5.74, 6) is 0.594. The molecule has 1 aliphatic rings. The van der Waals surface area contributed by atoms with Crippen molar-refractivity contribution in [1.29, 1.82) is 0 Å². The lowest BCUT2D eigenvalue weighted by Crippen LogP contribution is -2.29. The molecule has 6 nitrogen and oxygen atoms in total. The highest BCUT2D eigenvalue weighted by atomic mass is 32.2. The van der Waals surface area contributed by atoms with Crippen LogP contribution in [0.5, 0.6) is 11.6 Å². The van der Waals surface area contributed by atoms with Crippen LogP contribution in [0.3, 0.4) is 0 Å². The van der Waals surface area contributed by atoms with E-state index in [-0.39, 0.29) is 22.9 Å². The lowest BCUT2D eigenvalue weighted by Gasteiger charge is -2.14. The summed E-state index contributed by atoms with van der Waals surface area (Å²) in [6.45, 7) is 6.65. The second kappa shape index (κ2) is 9.89. The maximum absolute atomic E-state index is 13.4. The van der Waals surface area contributed by atoms with Gasteiger partial charge in [0.15, 0.2) is 0 Å². The normalized spacial score (nSPS) is 15.1. The third-order valence-electron chi connectivity index (χ3n) is 5.63. The molecule has 0 atom stereocenters. The summed E-state index contributed by atoms with van der Waals surface area (Å²) >= 11 is 6.64. The highest BCUT2D eigenvalue weighted by molar-refractivity contribution is 8.26. The average Bonchev–Trinajstić information content (AvgIpc) is 3.07. The van der Waals surface area contributed by atoms with Gasteiger partial charge >= 0.3 is 0 Å². The number of ether oxygens (including phenoxy) is 1. The Morgan fingerprint density at radius 3 is 2.73 bits per heavy atom. The third kappa shape index (κ3) is 4.72. The van der Waals surface area contributed by atoms with Crippen molar-refractivity contribution in [2.45, 2.75) is 40.0 Å². The van der Waals surface area contributed by atoms with Crippen molar-refractivity contribution in [3.05, 3.63) is 74.5 Å². The molecule has 1 amide bonds. The fourth-order valence-corrected chi connectivity index (χ4v) is 4.86. The molecule has 1 aliphatic heterocycles. The molecule has 0 N–H and O–H groups in total. The first-order chi connectivity index (χ1) is 15.9. The van der Waals surface area contributed by atoms with Crippen molar-refractivity contribution in [1.82, 2.24) is 14.3 Å². The smallest absolute Gasteiger partial charge is 0.269 e. The second-order valence-corrected chi connectivity index (χ2v) is 9.58. The Bertz CT molecular complexity index is 1330. The van der Waals surface area contributed by atoms with Crippen LogP contribution in [-0.2, 0) is 4.79 Å². The predicted molar refractivity (Wildman–Crippen MR) is 137 cm³/mol. The molecule has 170 valence electrons. The molecule has 1 aromatic carbocycles. The number of carbonyl (C=O) groups is 1. The van der Waals surface area contributed by atoms with Crippen molar-refractivity contribution in [3.8, 4) is 11.6 Å². The number of fused-ring (bicyclic) bond motifs is 1. The van der Waals surface area contributed by atoms with Crippen LogP contribution in [0.15, 0.2) is 52.3 Å². The Hall–Kier alpha value is -2.97. The molecule has 1 fully saturated rings. The van der Waals surface area contributed by atoms with Crippen LogP contribution in [0.4, 0.5) is 0 Å². The summed E-state index contributed by atoms with van der Waals surface area (Å²) in [6, 6.07) is 11.0. The fourth-order valence-electron chi connectivity index (χ4n) is 3.57. The van der Waals surface area contributed by atoms with Crippen LogP contribution in [-0.4, -0.2) is 31.1 Å². The molecule has 1 saturated heterocycles. The first-order valence-corrected chi connectivity index (χ1v) is 12.1.